The molecule has 2 rings (SSSR count). The molecule has 2 aliphatic rings. The third kappa shape index (κ3) is 1.09. The molecule has 0 saturated carbocycles. The van der Waals surface area contributed by atoms with Crippen molar-refractivity contribution in [3.63, 3.8) is 0 Å². The van der Waals surface area contributed by atoms with Gasteiger partial charge in [-0.05, 0) is 13.3 Å². The van der Waals surface area contributed by atoms with Crippen molar-refractivity contribution in [2.45, 2.75) is 25.5 Å². The van der Waals surface area contributed by atoms with Gasteiger partial charge in [-0.3, -0.25) is 4.79 Å². The second-order valence-electron chi connectivity index (χ2n) is 3.83. The van der Waals surface area contributed by atoms with Gasteiger partial charge in [-0.1, -0.05) is 0 Å². The van der Waals surface area contributed by atoms with E-state index in [1.807, 2.05) is 6.92 Å². The molecule has 0 radical (unpaired) electrons. The number of nitrogens with one attached hydrogen (secondary N) is 1. The summed E-state index contributed by atoms with van der Waals surface area (Å²) >= 11 is 0. The normalized spacial score (nSPS) is 43.2. The van der Waals surface area contributed by atoms with Crippen molar-refractivity contribution >= 4 is 5.97 Å². The Balaban J connectivity index is 2.11. The largest absolute Gasteiger partial charge is 0.468 e. The first-order valence-corrected chi connectivity index (χ1v) is 4.63. The maximum Gasteiger partial charge on any atom is 0.323 e. The van der Waals surface area contributed by atoms with E-state index in [2.05, 4.69) is 5.32 Å². The van der Waals surface area contributed by atoms with Crippen LogP contribution in [-0.2, 0) is 14.3 Å². The van der Waals surface area contributed by atoms with Crippen LogP contribution < -0.4 is 5.32 Å². The molecule has 2 saturated heterocycles. The highest BCUT2D eigenvalue weighted by molar-refractivity contribution is 5.78. The predicted octanol–water partition coefficient (Wildman–Crippen LogP) is -0.0736. The fourth-order valence-corrected chi connectivity index (χ4v) is 2.31. The average molecular weight is 185 g/mol. The highest BCUT2D eigenvalue weighted by Gasteiger charge is 2.57. The quantitative estimate of drug-likeness (QED) is 0.581. The van der Waals surface area contributed by atoms with E-state index in [9.17, 15) is 4.79 Å². The van der Waals surface area contributed by atoms with Gasteiger partial charge in [0.05, 0.1) is 13.2 Å². The van der Waals surface area contributed by atoms with Gasteiger partial charge < -0.3 is 14.8 Å². The molecule has 0 amide bonds. The first kappa shape index (κ1) is 8.97. The zero-order valence-electron chi connectivity index (χ0n) is 8.00. The van der Waals surface area contributed by atoms with Crippen molar-refractivity contribution in [2.24, 2.45) is 5.41 Å². The molecule has 1 N–H and O–H groups in total. The zero-order valence-corrected chi connectivity index (χ0v) is 8.00. The smallest absolute Gasteiger partial charge is 0.323 e. The summed E-state index contributed by atoms with van der Waals surface area (Å²) in [5.74, 6) is -0.163. The highest BCUT2D eigenvalue weighted by Crippen LogP contribution is 2.43. The molecule has 0 aliphatic carbocycles. The van der Waals surface area contributed by atoms with Crippen LogP contribution in [-0.4, -0.2) is 38.4 Å². The lowest BCUT2D eigenvalue weighted by Crippen LogP contribution is -2.68. The topological polar surface area (TPSA) is 47.6 Å². The van der Waals surface area contributed by atoms with Gasteiger partial charge in [0.1, 0.15) is 6.04 Å². The average Bonchev–Trinajstić information content (AvgIpc) is 2.47. The SMILES string of the molecule is COC(=O)[C@@H]1NC[C@@]12CCO[C@@H]2C. The molecule has 0 bridgehead atoms. The van der Waals surface area contributed by atoms with Crippen molar-refractivity contribution in [2.75, 3.05) is 20.3 Å². The molecule has 1 spiro atoms. The van der Waals surface area contributed by atoms with Crippen molar-refractivity contribution in [1.29, 1.82) is 0 Å². The van der Waals surface area contributed by atoms with Crippen LogP contribution in [0.3, 0.4) is 0 Å². The van der Waals surface area contributed by atoms with E-state index in [1.54, 1.807) is 0 Å². The Morgan fingerprint density at radius 2 is 2.46 bits per heavy atom. The van der Waals surface area contributed by atoms with Gasteiger partial charge in [0.2, 0.25) is 0 Å². The Labute approximate surface area is 77.6 Å². The first-order chi connectivity index (χ1) is 6.20. The summed E-state index contributed by atoms with van der Waals surface area (Å²) in [5, 5.41) is 3.10. The van der Waals surface area contributed by atoms with E-state index in [4.69, 9.17) is 9.47 Å². The van der Waals surface area contributed by atoms with Crippen LogP contribution in [0.1, 0.15) is 13.3 Å². The summed E-state index contributed by atoms with van der Waals surface area (Å²) in [5.41, 5.74) is 0.00704. The number of esters is 1. The van der Waals surface area contributed by atoms with Gasteiger partial charge in [0, 0.05) is 18.6 Å². The summed E-state index contributed by atoms with van der Waals surface area (Å²) in [6.07, 6.45) is 1.12. The number of carbonyl (C=O) groups excluding carboxylic acids is 1. The number of ether oxygens (including phenoxy) is 2. The number of hydrogen-bond donors (Lipinski definition) is 1. The standard InChI is InChI=1S/C9H15NO3/c1-6-9(3-4-13-6)5-10-7(9)8(11)12-2/h6-7,10H,3-5H2,1-2H3/t6-,7+,9-/m1/s1. The lowest BCUT2D eigenvalue weighted by Gasteiger charge is -2.47. The van der Waals surface area contributed by atoms with Crippen LogP contribution >= 0.6 is 0 Å². The van der Waals surface area contributed by atoms with Crippen LogP contribution in [0, 0.1) is 5.41 Å². The van der Waals surface area contributed by atoms with Crippen LogP contribution in [0.4, 0.5) is 0 Å². The van der Waals surface area contributed by atoms with E-state index in [1.165, 1.54) is 7.11 Å². The van der Waals surface area contributed by atoms with Crippen molar-refractivity contribution in [3.8, 4) is 0 Å². The second kappa shape index (κ2) is 2.96. The summed E-state index contributed by atoms with van der Waals surface area (Å²) in [6.45, 7) is 3.66. The molecule has 0 unspecified atom stereocenters. The number of carbonyl (C=O) groups is 1. The lowest BCUT2D eigenvalue weighted by molar-refractivity contribution is -0.154. The summed E-state index contributed by atoms with van der Waals surface area (Å²) in [6, 6.07) is -0.157. The molecule has 2 fully saturated rings. The zero-order chi connectivity index (χ0) is 9.47. The first-order valence-electron chi connectivity index (χ1n) is 4.63. The summed E-state index contributed by atoms with van der Waals surface area (Å²) in [4.78, 5) is 11.4. The molecule has 0 aromatic rings. The van der Waals surface area contributed by atoms with E-state index in [0.717, 1.165) is 19.6 Å². The van der Waals surface area contributed by atoms with Gasteiger partial charge in [0.15, 0.2) is 0 Å². The Morgan fingerprint density at radius 3 is 2.85 bits per heavy atom. The van der Waals surface area contributed by atoms with Crippen LogP contribution in [0.5, 0.6) is 0 Å². The minimum absolute atomic E-state index is 0.00704. The number of methoxy groups -OCH3 is 1. The van der Waals surface area contributed by atoms with Crippen molar-refractivity contribution in [3.05, 3.63) is 0 Å². The Hall–Kier alpha value is -0.610. The third-order valence-electron chi connectivity index (χ3n) is 3.39. The van der Waals surface area contributed by atoms with Gasteiger partial charge in [-0.2, -0.15) is 0 Å². The molecule has 3 atom stereocenters. The predicted molar refractivity (Wildman–Crippen MR) is 46.3 cm³/mol. The van der Waals surface area contributed by atoms with Crippen molar-refractivity contribution < 1.29 is 14.3 Å². The minimum atomic E-state index is -0.163. The Kier molecular flexibility index (Phi) is 2.04. The van der Waals surface area contributed by atoms with Crippen molar-refractivity contribution in [1.82, 2.24) is 5.32 Å². The van der Waals surface area contributed by atoms with Gasteiger partial charge in [0.25, 0.3) is 0 Å². The maximum absolute atomic E-state index is 11.4. The molecule has 2 heterocycles. The summed E-state index contributed by atoms with van der Waals surface area (Å²) in [7, 11) is 1.43. The molecule has 74 valence electrons. The second-order valence-corrected chi connectivity index (χ2v) is 3.83. The Bertz CT molecular complexity index is 231. The number of hydrogen-bond acceptors (Lipinski definition) is 4. The van der Waals surface area contributed by atoms with E-state index >= 15 is 0 Å². The molecular formula is C9H15NO3. The monoisotopic (exact) mass is 185 g/mol. The molecule has 2 aliphatic heterocycles. The fourth-order valence-electron chi connectivity index (χ4n) is 2.31. The number of rotatable bonds is 1. The molecule has 0 aromatic heterocycles. The lowest BCUT2D eigenvalue weighted by atomic mass is 9.69. The van der Waals surface area contributed by atoms with Crippen LogP contribution in [0.2, 0.25) is 0 Å². The van der Waals surface area contributed by atoms with Crippen LogP contribution in [0.25, 0.3) is 0 Å². The fraction of sp³-hybridized carbons (Fsp3) is 0.889. The maximum atomic E-state index is 11.4. The van der Waals surface area contributed by atoms with Gasteiger partial charge >= 0.3 is 5.97 Å². The molecular weight excluding hydrogens is 170 g/mol. The van der Waals surface area contributed by atoms with Crippen LogP contribution in [0.15, 0.2) is 0 Å². The Morgan fingerprint density at radius 1 is 1.69 bits per heavy atom. The van der Waals surface area contributed by atoms with Gasteiger partial charge in [-0.15, -0.1) is 0 Å². The molecule has 0 aromatic carbocycles. The van der Waals surface area contributed by atoms with E-state index in [0.29, 0.717) is 0 Å². The van der Waals surface area contributed by atoms with E-state index < -0.39 is 0 Å². The van der Waals surface area contributed by atoms with E-state index in [-0.39, 0.29) is 23.5 Å². The molecule has 4 heteroatoms. The molecule has 13 heavy (non-hydrogen) atoms. The highest BCUT2D eigenvalue weighted by atomic mass is 16.5. The molecule has 4 nitrogen and oxygen atoms in total. The summed E-state index contributed by atoms with van der Waals surface area (Å²) < 4.78 is 10.2. The van der Waals surface area contributed by atoms with Gasteiger partial charge in [-0.25, -0.2) is 0 Å². The minimum Gasteiger partial charge on any atom is -0.468 e. The third-order valence-corrected chi connectivity index (χ3v) is 3.39.